The number of halogens is 1. The fraction of sp³-hybridized carbons (Fsp3) is 0.696. The molecule has 1 aliphatic carbocycles. The number of ether oxygens (including phenoxy) is 1. The number of pyridine rings is 1. The number of piperazine rings is 1. The monoisotopic (exact) mass is 436 g/mol. The summed E-state index contributed by atoms with van der Waals surface area (Å²) >= 11 is 0. The molecule has 1 aromatic rings. The van der Waals surface area contributed by atoms with Crippen LogP contribution < -0.4 is 4.90 Å². The lowest BCUT2D eigenvalue weighted by Crippen LogP contribution is -2.54. The Labute approximate surface area is 185 Å². The van der Waals surface area contributed by atoms with Gasteiger partial charge in [-0.25, -0.2) is 9.37 Å². The van der Waals surface area contributed by atoms with E-state index in [1.807, 2.05) is 13.8 Å². The summed E-state index contributed by atoms with van der Waals surface area (Å²) < 4.78 is 17.4. The second-order valence-corrected chi connectivity index (χ2v) is 8.33. The average molecular weight is 437 g/mol. The quantitative estimate of drug-likeness (QED) is 0.658. The van der Waals surface area contributed by atoms with Gasteiger partial charge in [-0.3, -0.25) is 14.5 Å². The van der Waals surface area contributed by atoms with E-state index in [2.05, 4.69) is 31.5 Å². The lowest BCUT2D eigenvalue weighted by Gasteiger charge is -2.47. The summed E-state index contributed by atoms with van der Waals surface area (Å²) in [5, 5.41) is 0. The molecule has 0 N–H and O–H groups in total. The molecule has 0 amide bonds. The number of nitrogens with zero attached hydrogens (tertiary/aromatic N) is 4. The Morgan fingerprint density at radius 3 is 2.42 bits per heavy atom. The zero-order chi connectivity index (χ0) is 22.9. The number of aldehydes is 1. The lowest BCUT2D eigenvalue weighted by molar-refractivity contribution is -0.128. The summed E-state index contributed by atoms with van der Waals surface area (Å²) in [6.07, 6.45) is 5.89. The molecule has 0 aromatic carbocycles. The van der Waals surface area contributed by atoms with Crippen molar-refractivity contribution in [3.63, 3.8) is 0 Å². The maximum Gasteiger partial charge on any atom is 0.293 e. The van der Waals surface area contributed by atoms with Crippen molar-refractivity contribution in [2.75, 3.05) is 57.8 Å². The minimum absolute atomic E-state index is 0.348. The molecule has 4 rings (SSSR count). The van der Waals surface area contributed by atoms with E-state index in [-0.39, 0.29) is 0 Å². The number of likely N-dealkylation sites (tertiary alicyclic amines) is 1. The van der Waals surface area contributed by atoms with Crippen LogP contribution in [0.5, 0.6) is 0 Å². The Morgan fingerprint density at radius 2 is 1.90 bits per heavy atom. The molecule has 1 saturated carbocycles. The number of aromatic nitrogens is 1. The van der Waals surface area contributed by atoms with Crippen LogP contribution in [0.15, 0.2) is 12.3 Å². The lowest BCUT2D eigenvalue weighted by atomic mass is 9.78. The van der Waals surface area contributed by atoms with Crippen LogP contribution in [0.25, 0.3) is 0 Å². The highest BCUT2D eigenvalue weighted by molar-refractivity contribution is 5.82. The number of carbonyl (C=O) groups excluding carboxylic acids is 2. The molecular formula is C23H37FN4O3. The SMILES string of the molecule is CC.CCOC=O.CN1CC2(CCC(N3CCN(c4ncc(F)cc4C=O)CC3)C2)C1. The van der Waals surface area contributed by atoms with E-state index in [9.17, 15) is 14.0 Å². The molecule has 8 heteroatoms. The van der Waals surface area contributed by atoms with E-state index in [4.69, 9.17) is 0 Å². The van der Waals surface area contributed by atoms with Gasteiger partial charge in [0.2, 0.25) is 0 Å². The first kappa shape index (κ1) is 25.2. The third-order valence-corrected chi connectivity index (χ3v) is 6.24. The summed E-state index contributed by atoms with van der Waals surface area (Å²) in [5.41, 5.74) is 0.931. The second-order valence-electron chi connectivity index (χ2n) is 8.33. The zero-order valence-electron chi connectivity index (χ0n) is 19.3. The Hall–Kier alpha value is -2.06. The second kappa shape index (κ2) is 12.1. The summed E-state index contributed by atoms with van der Waals surface area (Å²) in [5.74, 6) is 0.163. The zero-order valence-corrected chi connectivity index (χ0v) is 19.3. The molecular weight excluding hydrogens is 399 g/mol. The predicted octanol–water partition coefficient (Wildman–Crippen LogP) is 2.85. The standard InChI is InChI=1S/C18H25FN4O.C3H6O2.C2H6/c1-21-12-18(13-21)3-2-16(9-18)22-4-6-23(7-5-22)17-14(11-24)8-15(19)10-20-17;1-2-5-3-4;1-2/h8,10-11,16H,2-7,9,12-13H2,1H3;3H,2H2,1H3;1-2H3. The van der Waals surface area contributed by atoms with Crippen molar-refractivity contribution in [3.8, 4) is 0 Å². The average Bonchev–Trinajstić information content (AvgIpc) is 3.21. The highest BCUT2D eigenvalue weighted by Crippen LogP contribution is 2.46. The smallest absolute Gasteiger partial charge is 0.293 e. The first-order chi connectivity index (χ1) is 15.0. The molecule has 1 atom stereocenters. The van der Waals surface area contributed by atoms with E-state index < -0.39 is 5.82 Å². The van der Waals surface area contributed by atoms with Crippen molar-refractivity contribution in [1.29, 1.82) is 0 Å². The number of anilines is 1. The molecule has 1 spiro atoms. The topological polar surface area (TPSA) is 66.0 Å². The number of hydrogen-bond donors (Lipinski definition) is 0. The van der Waals surface area contributed by atoms with Crippen LogP contribution in [-0.4, -0.2) is 86.5 Å². The van der Waals surface area contributed by atoms with Crippen LogP contribution in [0.4, 0.5) is 10.2 Å². The van der Waals surface area contributed by atoms with Crippen LogP contribution >= 0.6 is 0 Å². The Balaban J connectivity index is 0.000000432. The van der Waals surface area contributed by atoms with Gasteiger partial charge >= 0.3 is 0 Å². The first-order valence-corrected chi connectivity index (χ1v) is 11.3. The van der Waals surface area contributed by atoms with Gasteiger partial charge in [-0.15, -0.1) is 0 Å². The molecule has 31 heavy (non-hydrogen) atoms. The van der Waals surface area contributed by atoms with Crippen molar-refractivity contribution >= 4 is 18.6 Å². The molecule has 1 unspecified atom stereocenters. The molecule has 2 saturated heterocycles. The first-order valence-electron chi connectivity index (χ1n) is 11.3. The van der Waals surface area contributed by atoms with E-state index in [0.29, 0.717) is 42.2 Å². The molecule has 3 aliphatic rings. The van der Waals surface area contributed by atoms with Gasteiger partial charge in [0, 0.05) is 45.3 Å². The largest absolute Gasteiger partial charge is 0.468 e. The van der Waals surface area contributed by atoms with Crippen molar-refractivity contribution in [1.82, 2.24) is 14.8 Å². The number of carbonyl (C=O) groups is 2. The van der Waals surface area contributed by atoms with Gasteiger partial charge in [-0.2, -0.15) is 0 Å². The molecule has 3 heterocycles. The van der Waals surface area contributed by atoms with E-state index in [1.165, 1.54) is 44.6 Å². The molecule has 2 aliphatic heterocycles. The molecule has 0 bridgehead atoms. The highest BCUT2D eigenvalue weighted by atomic mass is 19.1. The fourth-order valence-corrected chi connectivity index (χ4v) is 5.04. The maximum absolute atomic E-state index is 13.3. The van der Waals surface area contributed by atoms with Crippen LogP contribution in [0, 0.1) is 11.2 Å². The molecule has 1 aromatic heterocycles. The Morgan fingerprint density at radius 1 is 1.23 bits per heavy atom. The van der Waals surface area contributed by atoms with Gasteiger partial charge in [-0.05, 0) is 44.7 Å². The van der Waals surface area contributed by atoms with Gasteiger partial charge in [-0.1, -0.05) is 13.8 Å². The summed E-state index contributed by atoms with van der Waals surface area (Å²) in [4.78, 5) is 31.6. The van der Waals surface area contributed by atoms with Crippen LogP contribution in [0.3, 0.4) is 0 Å². The van der Waals surface area contributed by atoms with Crippen LogP contribution in [0.2, 0.25) is 0 Å². The van der Waals surface area contributed by atoms with Gasteiger partial charge < -0.3 is 14.5 Å². The van der Waals surface area contributed by atoms with Gasteiger partial charge in [0.25, 0.3) is 6.47 Å². The third-order valence-electron chi connectivity index (χ3n) is 6.24. The predicted molar refractivity (Wildman–Crippen MR) is 120 cm³/mol. The Kier molecular flexibility index (Phi) is 9.84. The van der Waals surface area contributed by atoms with Gasteiger partial charge in [0.05, 0.1) is 18.4 Å². The maximum atomic E-state index is 13.3. The normalized spacial score (nSPS) is 22.5. The van der Waals surface area contributed by atoms with E-state index >= 15 is 0 Å². The Bertz CT molecular complexity index is 704. The third kappa shape index (κ3) is 6.46. The molecule has 7 nitrogen and oxygen atoms in total. The minimum atomic E-state index is -0.457. The van der Waals surface area contributed by atoms with E-state index in [1.54, 1.807) is 6.92 Å². The summed E-state index contributed by atoms with van der Waals surface area (Å²) in [6.45, 7) is 12.9. The van der Waals surface area contributed by atoms with Gasteiger partial charge in [0.1, 0.15) is 11.6 Å². The molecule has 0 radical (unpaired) electrons. The van der Waals surface area contributed by atoms with Crippen molar-refractivity contribution < 1.29 is 18.7 Å². The number of hydrogen-bond acceptors (Lipinski definition) is 7. The molecule has 3 fully saturated rings. The minimum Gasteiger partial charge on any atom is -0.468 e. The highest BCUT2D eigenvalue weighted by Gasteiger charge is 2.48. The van der Waals surface area contributed by atoms with Crippen molar-refractivity contribution in [2.24, 2.45) is 5.41 Å². The van der Waals surface area contributed by atoms with Crippen molar-refractivity contribution in [2.45, 2.75) is 46.1 Å². The van der Waals surface area contributed by atoms with Crippen LogP contribution in [-0.2, 0) is 9.53 Å². The fourth-order valence-electron chi connectivity index (χ4n) is 5.04. The van der Waals surface area contributed by atoms with Crippen LogP contribution in [0.1, 0.15) is 50.4 Å². The molecule has 174 valence electrons. The summed E-state index contributed by atoms with van der Waals surface area (Å²) in [7, 11) is 2.21. The number of rotatable bonds is 5. The van der Waals surface area contributed by atoms with Crippen molar-refractivity contribution in [3.05, 3.63) is 23.6 Å². The summed E-state index contributed by atoms with van der Waals surface area (Å²) in [6, 6.07) is 1.97. The van der Waals surface area contributed by atoms with E-state index in [0.717, 1.165) is 26.2 Å². The van der Waals surface area contributed by atoms with Gasteiger partial charge in [0.15, 0.2) is 6.29 Å².